The first-order chi connectivity index (χ1) is 8.59. The van der Waals surface area contributed by atoms with Crippen LogP contribution in [0.15, 0.2) is 30.3 Å². The normalized spacial score (nSPS) is 28.3. The van der Waals surface area contributed by atoms with Crippen molar-refractivity contribution >= 4 is 5.78 Å². The Hall–Kier alpha value is -1.15. The monoisotopic (exact) mass is 246 g/mol. The van der Waals surface area contributed by atoms with E-state index >= 15 is 0 Å². The van der Waals surface area contributed by atoms with Crippen LogP contribution >= 0.6 is 0 Å². The largest absolute Gasteiger partial charge is 0.392 e. The summed E-state index contributed by atoms with van der Waals surface area (Å²) >= 11 is 0. The molecular formula is C16H22O2. The number of hydrogen-bond acceptors (Lipinski definition) is 2. The third-order valence-corrected chi connectivity index (χ3v) is 4.12. The summed E-state index contributed by atoms with van der Waals surface area (Å²) in [4.78, 5) is 12.7. The number of benzene rings is 1. The van der Waals surface area contributed by atoms with E-state index in [0.29, 0.717) is 0 Å². The Bertz CT molecular complexity index is 410. The van der Waals surface area contributed by atoms with E-state index in [4.69, 9.17) is 0 Å². The zero-order valence-corrected chi connectivity index (χ0v) is 11.2. The lowest BCUT2D eigenvalue weighted by molar-refractivity contribution is -0.134. The molecule has 0 aromatic heterocycles. The summed E-state index contributed by atoms with van der Waals surface area (Å²) in [6, 6.07) is 9.81. The van der Waals surface area contributed by atoms with E-state index in [1.807, 2.05) is 44.2 Å². The molecule has 18 heavy (non-hydrogen) atoms. The Kier molecular flexibility index (Phi) is 3.86. The molecule has 98 valence electrons. The van der Waals surface area contributed by atoms with Crippen LogP contribution in [0.2, 0.25) is 0 Å². The van der Waals surface area contributed by atoms with E-state index < -0.39 is 11.5 Å². The van der Waals surface area contributed by atoms with Crippen LogP contribution in [-0.4, -0.2) is 17.0 Å². The molecule has 0 bridgehead atoms. The first kappa shape index (κ1) is 13.3. The fourth-order valence-corrected chi connectivity index (χ4v) is 3.17. The molecule has 2 atom stereocenters. The summed E-state index contributed by atoms with van der Waals surface area (Å²) in [5.41, 5.74) is 0.309. The highest BCUT2D eigenvalue weighted by molar-refractivity contribution is 5.92. The van der Waals surface area contributed by atoms with Gasteiger partial charge in [0.05, 0.1) is 11.5 Å². The number of aliphatic hydroxyl groups is 1. The van der Waals surface area contributed by atoms with E-state index in [9.17, 15) is 9.90 Å². The van der Waals surface area contributed by atoms with Crippen molar-refractivity contribution in [1.82, 2.24) is 0 Å². The summed E-state index contributed by atoms with van der Waals surface area (Å²) in [5.74, 6) is 0.138. The first-order valence-corrected chi connectivity index (χ1v) is 6.87. The number of aliphatic hydroxyl groups excluding tert-OH is 1. The lowest BCUT2D eigenvalue weighted by atomic mass is 9.63. The van der Waals surface area contributed by atoms with Gasteiger partial charge in [0.1, 0.15) is 5.78 Å². The van der Waals surface area contributed by atoms with Crippen LogP contribution in [0.1, 0.15) is 45.1 Å². The van der Waals surface area contributed by atoms with Crippen LogP contribution in [-0.2, 0) is 10.2 Å². The predicted octanol–water partition coefficient (Wildman–Crippen LogP) is 3.08. The minimum atomic E-state index is -0.673. The highest BCUT2D eigenvalue weighted by atomic mass is 16.3. The lowest BCUT2D eigenvalue weighted by Crippen LogP contribution is -2.50. The first-order valence-electron chi connectivity index (χ1n) is 6.87. The van der Waals surface area contributed by atoms with Crippen molar-refractivity contribution in [2.45, 2.75) is 51.0 Å². The van der Waals surface area contributed by atoms with Gasteiger partial charge in [0.15, 0.2) is 0 Å². The molecule has 2 heteroatoms. The zero-order valence-electron chi connectivity index (χ0n) is 11.2. The second-order valence-corrected chi connectivity index (χ2v) is 5.62. The van der Waals surface area contributed by atoms with Crippen molar-refractivity contribution < 1.29 is 9.90 Å². The molecule has 1 aromatic carbocycles. The molecule has 0 radical (unpaired) electrons. The maximum Gasteiger partial charge on any atom is 0.148 e. The van der Waals surface area contributed by atoms with Gasteiger partial charge in [0.2, 0.25) is 0 Å². The van der Waals surface area contributed by atoms with Gasteiger partial charge in [-0.1, -0.05) is 57.0 Å². The Morgan fingerprint density at radius 3 is 2.50 bits per heavy atom. The minimum absolute atomic E-state index is 0.0436. The van der Waals surface area contributed by atoms with Crippen molar-refractivity contribution in [3.05, 3.63) is 35.9 Å². The highest BCUT2D eigenvalue weighted by Gasteiger charge is 2.47. The van der Waals surface area contributed by atoms with Crippen LogP contribution in [0.5, 0.6) is 0 Å². The molecule has 0 aliphatic heterocycles. The average molecular weight is 246 g/mol. The summed E-state index contributed by atoms with van der Waals surface area (Å²) < 4.78 is 0. The molecule has 0 spiro atoms. The number of hydrogen-bond donors (Lipinski definition) is 1. The van der Waals surface area contributed by atoms with Gasteiger partial charge in [-0.05, 0) is 18.4 Å². The van der Waals surface area contributed by atoms with Gasteiger partial charge in [-0.3, -0.25) is 4.79 Å². The molecule has 2 rings (SSSR count). The van der Waals surface area contributed by atoms with Gasteiger partial charge < -0.3 is 5.11 Å². The predicted molar refractivity (Wildman–Crippen MR) is 72.4 cm³/mol. The topological polar surface area (TPSA) is 37.3 Å². The fourth-order valence-electron chi connectivity index (χ4n) is 3.17. The summed E-state index contributed by atoms with van der Waals surface area (Å²) in [6.45, 7) is 3.85. The van der Waals surface area contributed by atoms with Crippen LogP contribution < -0.4 is 0 Å². The Morgan fingerprint density at radius 2 is 1.94 bits per heavy atom. The molecular weight excluding hydrogens is 224 g/mol. The van der Waals surface area contributed by atoms with Gasteiger partial charge in [-0.25, -0.2) is 0 Å². The van der Waals surface area contributed by atoms with E-state index in [0.717, 1.165) is 31.2 Å². The quantitative estimate of drug-likeness (QED) is 0.890. The van der Waals surface area contributed by atoms with Gasteiger partial charge in [0, 0.05) is 5.92 Å². The molecule has 1 aliphatic rings. The van der Waals surface area contributed by atoms with Gasteiger partial charge >= 0.3 is 0 Å². The average Bonchev–Trinajstić information content (AvgIpc) is 2.39. The lowest BCUT2D eigenvalue weighted by Gasteiger charge is -2.41. The maximum absolute atomic E-state index is 12.7. The summed E-state index contributed by atoms with van der Waals surface area (Å²) in [5, 5.41) is 10.5. The number of carbonyl (C=O) groups excluding carboxylic acids is 1. The molecule has 1 aromatic rings. The van der Waals surface area contributed by atoms with Crippen molar-refractivity contribution in [3.63, 3.8) is 0 Å². The van der Waals surface area contributed by atoms with Gasteiger partial charge in [0.25, 0.3) is 0 Å². The molecule has 0 heterocycles. The van der Waals surface area contributed by atoms with E-state index in [-0.39, 0.29) is 11.7 Å². The van der Waals surface area contributed by atoms with Crippen LogP contribution in [0.25, 0.3) is 0 Å². The number of ketones is 1. The Balaban J connectivity index is 2.49. The van der Waals surface area contributed by atoms with E-state index in [1.54, 1.807) is 0 Å². The smallest absolute Gasteiger partial charge is 0.148 e. The minimum Gasteiger partial charge on any atom is -0.392 e. The van der Waals surface area contributed by atoms with Crippen molar-refractivity contribution in [2.24, 2.45) is 5.92 Å². The summed E-state index contributed by atoms with van der Waals surface area (Å²) in [7, 11) is 0. The second-order valence-electron chi connectivity index (χ2n) is 5.62. The number of rotatable bonds is 3. The number of Topliss-reactive ketones (excluding diaryl/α,β-unsaturated/α-hetero) is 1. The molecule has 1 saturated carbocycles. The van der Waals surface area contributed by atoms with Crippen molar-refractivity contribution in [1.29, 1.82) is 0 Å². The van der Waals surface area contributed by atoms with Gasteiger partial charge in [-0.2, -0.15) is 0 Å². The van der Waals surface area contributed by atoms with E-state index in [2.05, 4.69) is 0 Å². The van der Waals surface area contributed by atoms with Crippen LogP contribution in [0, 0.1) is 5.92 Å². The third-order valence-electron chi connectivity index (χ3n) is 4.12. The van der Waals surface area contributed by atoms with Gasteiger partial charge in [-0.15, -0.1) is 0 Å². The summed E-state index contributed by atoms with van der Waals surface area (Å²) in [6.07, 6.45) is 3.00. The van der Waals surface area contributed by atoms with Crippen LogP contribution in [0.3, 0.4) is 0 Å². The number of carbonyl (C=O) groups is 1. The van der Waals surface area contributed by atoms with Crippen LogP contribution in [0.4, 0.5) is 0 Å². The van der Waals surface area contributed by atoms with E-state index in [1.165, 1.54) is 0 Å². The Morgan fingerprint density at radius 1 is 1.28 bits per heavy atom. The standard InChI is InChI=1S/C16H22O2/c1-12(2)15(18)16(11-7-6-10-14(16)17)13-8-4-3-5-9-13/h3-5,8-9,12,14,17H,6-7,10-11H2,1-2H3. The fraction of sp³-hybridized carbons (Fsp3) is 0.562. The molecule has 1 fully saturated rings. The zero-order chi connectivity index (χ0) is 13.2. The molecule has 1 N–H and O–H groups in total. The third kappa shape index (κ3) is 2.10. The molecule has 0 amide bonds. The molecule has 1 aliphatic carbocycles. The second kappa shape index (κ2) is 5.23. The van der Waals surface area contributed by atoms with Crippen molar-refractivity contribution in [2.75, 3.05) is 0 Å². The SMILES string of the molecule is CC(C)C(=O)C1(c2ccccc2)CCCCC1O. The van der Waals surface area contributed by atoms with Crippen molar-refractivity contribution in [3.8, 4) is 0 Å². The molecule has 2 nitrogen and oxygen atoms in total. The highest BCUT2D eigenvalue weighted by Crippen LogP contribution is 2.42. The molecule has 2 unspecified atom stereocenters. The Labute approximate surface area is 109 Å². The molecule has 0 saturated heterocycles. The maximum atomic E-state index is 12.7.